The smallest absolute Gasteiger partial charge is 0.284 e. The molecule has 108 valence electrons. The molecule has 0 bridgehead atoms. The Labute approximate surface area is 115 Å². The number of nitrogens with two attached hydrogens (primary N) is 1. The second-order valence-corrected chi connectivity index (χ2v) is 4.93. The van der Waals surface area contributed by atoms with Crippen LogP contribution in [0.5, 0.6) is 0 Å². The number of carbonyl (C=O) groups excluding carboxylic acids is 1. The minimum Gasteiger partial charge on any atom is -0.398 e. The third-order valence-corrected chi connectivity index (χ3v) is 3.54. The number of nitro benzene ring substituents is 1. The summed E-state index contributed by atoms with van der Waals surface area (Å²) in [5.41, 5.74) is 5.26. The second-order valence-electron chi connectivity index (χ2n) is 4.93. The van der Waals surface area contributed by atoms with Crippen LogP contribution in [0.2, 0.25) is 0 Å². The normalized spacial score (nSPS) is 22.2. The number of nitrogens with zero attached hydrogens (tertiary/aromatic N) is 1. The predicted molar refractivity (Wildman–Crippen MR) is 73.2 cm³/mol. The highest BCUT2D eigenvalue weighted by Crippen LogP contribution is 2.25. The van der Waals surface area contributed by atoms with Gasteiger partial charge in [-0.15, -0.1) is 0 Å². The Balaban J connectivity index is 2.23. The molecule has 2 unspecified atom stereocenters. The third-order valence-electron chi connectivity index (χ3n) is 3.54. The molecule has 0 heterocycles. The van der Waals surface area contributed by atoms with Gasteiger partial charge in [-0.1, -0.05) is 18.9 Å². The average Bonchev–Trinajstić information content (AvgIpc) is 2.40. The number of carbonyl (C=O) groups is 1. The predicted octanol–water partition coefficient (Wildman–Crippen LogP) is 1.21. The molecule has 0 radical (unpaired) electrons. The second kappa shape index (κ2) is 5.87. The Morgan fingerprint density at radius 3 is 2.75 bits per heavy atom. The number of anilines is 1. The van der Waals surface area contributed by atoms with E-state index in [0.717, 1.165) is 12.8 Å². The molecule has 2 rings (SSSR count). The molecule has 7 nitrogen and oxygen atoms in total. The first-order chi connectivity index (χ1) is 9.50. The largest absolute Gasteiger partial charge is 0.398 e. The van der Waals surface area contributed by atoms with Crippen molar-refractivity contribution in [2.75, 3.05) is 5.73 Å². The number of hydrogen-bond acceptors (Lipinski definition) is 5. The molecule has 0 aliphatic heterocycles. The van der Waals surface area contributed by atoms with Crippen molar-refractivity contribution >= 4 is 17.3 Å². The molecule has 1 fully saturated rings. The first kappa shape index (κ1) is 14.3. The van der Waals surface area contributed by atoms with Gasteiger partial charge in [0.1, 0.15) is 5.56 Å². The summed E-state index contributed by atoms with van der Waals surface area (Å²) in [6, 6.07) is 3.73. The number of hydrogen-bond donors (Lipinski definition) is 3. The van der Waals surface area contributed by atoms with Crippen LogP contribution in [0.1, 0.15) is 36.0 Å². The summed E-state index contributed by atoms with van der Waals surface area (Å²) in [6.07, 6.45) is 2.50. The zero-order valence-electron chi connectivity index (χ0n) is 10.9. The minimum absolute atomic E-state index is 0.0574. The molecular formula is C13H17N3O4. The fraction of sp³-hybridized carbons (Fsp3) is 0.462. The number of nitrogens with one attached hydrogen (secondary N) is 1. The molecule has 20 heavy (non-hydrogen) atoms. The summed E-state index contributed by atoms with van der Waals surface area (Å²) in [6.45, 7) is 0. The lowest BCUT2D eigenvalue weighted by Crippen LogP contribution is -2.45. The summed E-state index contributed by atoms with van der Waals surface area (Å²) in [4.78, 5) is 22.5. The Kier molecular flexibility index (Phi) is 4.19. The van der Waals surface area contributed by atoms with Gasteiger partial charge in [0.25, 0.3) is 11.6 Å². The van der Waals surface area contributed by atoms with Gasteiger partial charge in [0.2, 0.25) is 0 Å². The van der Waals surface area contributed by atoms with Crippen molar-refractivity contribution in [1.82, 2.24) is 5.32 Å². The van der Waals surface area contributed by atoms with E-state index in [1.165, 1.54) is 18.2 Å². The monoisotopic (exact) mass is 279 g/mol. The van der Waals surface area contributed by atoms with Crippen LogP contribution in [0.25, 0.3) is 0 Å². The Morgan fingerprint density at radius 2 is 2.10 bits per heavy atom. The Morgan fingerprint density at radius 1 is 1.40 bits per heavy atom. The molecule has 1 aliphatic rings. The van der Waals surface area contributed by atoms with Crippen molar-refractivity contribution in [2.45, 2.75) is 37.8 Å². The SMILES string of the molecule is Nc1cccc([N+](=O)[O-])c1C(=O)NC1CCCCC1O. The lowest BCUT2D eigenvalue weighted by atomic mass is 9.92. The van der Waals surface area contributed by atoms with E-state index in [-0.39, 0.29) is 23.0 Å². The van der Waals surface area contributed by atoms with Crippen LogP contribution in [-0.2, 0) is 0 Å². The summed E-state index contributed by atoms with van der Waals surface area (Å²) in [5, 5.41) is 23.4. The van der Waals surface area contributed by atoms with Crippen molar-refractivity contribution < 1.29 is 14.8 Å². The summed E-state index contributed by atoms with van der Waals surface area (Å²) >= 11 is 0. The maximum Gasteiger partial charge on any atom is 0.284 e. The number of aliphatic hydroxyl groups excluding tert-OH is 1. The van der Waals surface area contributed by atoms with Gasteiger partial charge < -0.3 is 16.2 Å². The van der Waals surface area contributed by atoms with Gasteiger partial charge in [-0.05, 0) is 18.9 Å². The van der Waals surface area contributed by atoms with Gasteiger partial charge >= 0.3 is 0 Å². The van der Waals surface area contributed by atoms with E-state index in [0.29, 0.717) is 12.8 Å². The van der Waals surface area contributed by atoms with E-state index in [1.54, 1.807) is 0 Å². The van der Waals surface area contributed by atoms with Crippen LogP contribution in [0, 0.1) is 10.1 Å². The average molecular weight is 279 g/mol. The molecule has 1 saturated carbocycles. The van der Waals surface area contributed by atoms with Crippen molar-refractivity contribution in [3.8, 4) is 0 Å². The molecule has 0 saturated heterocycles. The van der Waals surface area contributed by atoms with Crippen LogP contribution in [-0.4, -0.2) is 28.1 Å². The Bertz CT molecular complexity index is 532. The summed E-state index contributed by atoms with van der Waals surface area (Å²) in [7, 11) is 0. The third kappa shape index (κ3) is 2.88. The Hall–Kier alpha value is -2.15. The number of aliphatic hydroxyl groups is 1. The van der Waals surface area contributed by atoms with Gasteiger partial charge in [-0.25, -0.2) is 0 Å². The van der Waals surface area contributed by atoms with Gasteiger partial charge in [-0.2, -0.15) is 0 Å². The van der Waals surface area contributed by atoms with E-state index in [4.69, 9.17) is 5.73 Å². The van der Waals surface area contributed by atoms with Crippen molar-refractivity contribution in [3.63, 3.8) is 0 Å². The van der Waals surface area contributed by atoms with Crippen LogP contribution < -0.4 is 11.1 Å². The highest BCUT2D eigenvalue weighted by molar-refractivity contribution is 6.03. The maximum atomic E-state index is 12.2. The van der Waals surface area contributed by atoms with Crippen LogP contribution in [0.4, 0.5) is 11.4 Å². The van der Waals surface area contributed by atoms with E-state index in [1.807, 2.05) is 0 Å². The van der Waals surface area contributed by atoms with Gasteiger partial charge in [0.15, 0.2) is 0 Å². The molecule has 1 aromatic carbocycles. The summed E-state index contributed by atoms with van der Waals surface area (Å²) in [5.74, 6) is -0.610. The fourth-order valence-corrected chi connectivity index (χ4v) is 2.48. The molecule has 1 amide bonds. The molecule has 4 N–H and O–H groups in total. The van der Waals surface area contributed by atoms with Crippen molar-refractivity contribution in [2.24, 2.45) is 0 Å². The minimum atomic E-state index is -0.636. The zero-order valence-corrected chi connectivity index (χ0v) is 10.9. The quantitative estimate of drug-likeness (QED) is 0.436. The van der Waals surface area contributed by atoms with E-state index in [9.17, 15) is 20.0 Å². The van der Waals surface area contributed by atoms with Crippen LogP contribution >= 0.6 is 0 Å². The number of nitrogen functional groups attached to an aromatic ring is 1. The van der Waals surface area contributed by atoms with Gasteiger partial charge in [-0.3, -0.25) is 14.9 Å². The zero-order chi connectivity index (χ0) is 14.7. The van der Waals surface area contributed by atoms with Crippen molar-refractivity contribution in [1.29, 1.82) is 0 Å². The lowest BCUT2D eigenvalue weighted by molar-refractivity contribution is -0.385. The lowest BCUT2D eigenvalue weighted by Gasteiger charge is -2.28. The van der Waals surface area contributed by atoms with Crippen LogP contribution in [0.3, 0.4) is 0 Å². The maximum absolute atomic E-state index is 12.2. The van der Waals surface area contributed by atoms with Gasteiger partial charge in [0, 0.05) is 6.07 Å². The first-order valence-corrected chi connectivity index (χ1v) is 6.52. The topological polar surface area (TPSA) is 118 Å². The molecule has 0 aromatic heterocycles. The molecule has 2 atom stereocenters. The number of amides is 1. The van der Waals surface area contributed by atoms with Crippen molar-refractivity contribution in [3.05, 3.63) is 33.9 Å². The van der Waals surface area contributed by atoms with Crippen LogP contribution in [0.15, 0.2) is 18.2 Å². The molecule has 1 aromatic rings. The number of benzene rings is 1. The number of nitro groups is 1. The first-order valence-electron chi connectivity index (χ1n) is 6.52. The van der Waals surface area contributed by atoms with E-state index < -0.39 is 16.9 Å². The summed E-state index contributed by atoms with van der Waals surface area (Å²) < 4.78 is 0. The van der Waals surface area contributed by atoms with Gasteiger partial charge in [0.05, 0.1) is 22.8 Å². The standard InChI is InChI=1S/C13H17N3O4/c14-8-4-3-6-10(16(19)20)12(8)13(18)15-9-5-1-2-7-11(9)17/h3-4,6,9,11,17H,1-2,5,7,14H2,(H,15,18). The fourth-order valence-electron chi connectivity index (χ4n) is 2.48. The highest BCUT2D eigenvalue weighted by atomic mass is 16.6. The van der Waals surface area contributed by atoms with E-state index in [2.05, 4.69) is 5.32 Å². The number of rotatable bonds is 3. The molecule has 0 spiro atoms. The molecular weight excluding hydrogens is 262 g/mol. The highest BCUT2D eigenvalue weighted by Gasteiger charge is 2.28. The molecule has 7 heteroatoms. The molecule has 1 aliphatic carbocycles. The van der Waals surface area contributed by atoms with E-state index >= 15 is 0 Å².